The van der Waals surface area contributed by atoms with E-state index in [1.54, 1.807) is 0 Å². The molecule has 3 heterocycles. The number of hydrogen-bond donors (Lipinski definition) is 0. The van der Waals surface area contributed by atoms with Gasteiger partial charge in [0.15, 0.2) is 23.1 Å². The zero-order chi connectivity index (χ0) is 39.6. The molecule has 9 aromatic carbocycles. The van der Waals surface area contributed by atoms with Gasteiger partial charge in [0.25, 0.3) is 0 Å². The molecule has 0 N–H and O–H groups in total. The van der Waals surface area contributed by atoms with Gasteiger partial charge >= 0.3 is 0 Å². The summed E-state index contributed by atoms with van der Waals surface area (Å²) in [4.78, 5) is 20.3. The average molecular weight is 768 g/mol. The standard InChI is InChI=1S/C54H33N5O/c1-4-14-35(15-5-1)51-56-52(58-53(57-51)39-27-30-44-43-22-10-11-25-47(43)59(48(44)33-39)40-20-8-3-9-21-40)38-26-29-41-37(32-38)19-13-23-42(41)45-24-12-18-34-28-31-46-50(49(34)45)60-54(55-46)36-16-6-2-7-17-36/h1-33H. The van der Waals surface area contributed by atoms with Gasteiger partial charge in [-0.1, -0.05) is 152 Å². The van der Waals surface area contributed by atoms with Crippen LogP contribution in [0.5, 0.6) is 0 Å². The molecule has 0 saturated carbocycles. The minimum absolute atomic E-state index is 0.608. The van der Waals surface area contributed by atoms with Crippen LogP contribution in [0.25, 0.3) is 117 Å². The molecular weight excluding hydrogens is 735 g/mol. The molecular formula is C54H33N5O. The lowest BCUT2D eigenvalue weighted by molar-refractivity contribution is 0.623. The lowest BCUT2D eigenvalue weighted by Gasteiger charge is -2.13. The quantitative estimate of drug-likeness (QED) is 0.168. The number of fused-ring (bicyclic) bond motifs is 7. The normalized spacial score (nSPS) is 11.7. The minimum Gasteiger partial charge on any atom is -0.435 e. The average Bonchev–Trinajstić information content (AvgIpc) is 3.91. The fourth-order valence-electron chi connectivity index (χ4n) is 8.66. The van der Waals surface area contributed by atoms with Crippen LogP contribution >= 0.6 is 0 Å². The van der Waals surface area contributed by atoms with Crippen LogP contribution in [0.2, 0.25) is 0 Å². The molecule has 0 fully saturated rings. The van der Waals surface area contributed by atoms with E-state index < -0.39 is 0 Å². The molecule has 12 aromatic rings. The highest BCUT2D eigenvalue weighted by Crippen LogP contribution is 2.40. The van der Waals surface area contributed by atoms with Gasteiger partial charge in [-0.25, -0.2) is 19.9 Å². The predicted octanol–water partition coefficient (Wildman–Crippen LogP) is 13.8. The number of para-hydroxylation sites is 2. The molecule has 0 aliphatic heterocycles. The number of nitrogens with zero attached hydrogens (tertiary/aromatic N) is 5. The zero-order valence-corrected chi connectivity index (χ0v) is 32.2. The summed E-state index contributed by atoms with van der Waals surface area (Å²) in [6, 6.07) is 69.3. The number of benzene rings is 9. The Hall–Kier alpha value is -8.22. The fourth-order valence-corrected chi connectivity index (χ4v) is 8.66. The van der Waals surface area contributed by atoms with Crippen molar-refractivity contribution in [1.82, 2.24) is 24.5 Å². The molecule has 0 radical (unpaired) electrons. The molecule has 3 aromatic heterocycles. The SMILES string of the molecule is c1ccc(-c2nc(-c3ccc4c(-c5cccc6ccc7nc(-c8ccccc8)oc7c56)cccc4c3)nc(-c3ccc4c5ccccc5n(-c5ccccc5)c4c3)n2)cc1. The molecule has 6 nitrogen and oxygen atoms in total. The van der Waals surface area contributed by atoms with Crippen molar-refractivity contribution in [3.8, 4) is 62.4 Å². The third-order valence-electron chi connectivity index (χ3n) is 11.5. The predicted molar refractivity (Wildman–Crippen MR) is 244 cm³/mol. The number of hydrogen-bond acceptors (Lipinski definition) is 5. The van der Waals surface area contributed by atoms with Crippen molar-refractivity contribution in [2.75, 3.05) is 0 Å². The molecule has 12 rings (SSSR count). The van der Waals surface area contributed by atoms with Crippen molar-refractivity contribution in [2.24, 2.45) is 0 Å². The van der Waals surface area contributed by atoms with Crippen LogP contribution in [-0.4, -0.2) is 24.5 Å². The molecule has 0 amide bonds. The van der Waals surface area contributed by atoms with Crippen molar-refractivity contribution in [3.05, 3.63) is 200 Å². The molecule has 0 saturated heterocycles. The van der Waals surface area contributed by atoms with Gasteiger partial charge in [0, 0.05) is 44.1 Å². The lowest BCUT2D eigenvalue weighted by Crippen LogP contribution is -2.00. The largest absolute Gasteiger partial charge is 0.435 e. The second-order valence-corrected chi connectivity index (χ2v) is 15.0. The van der Waals surface area contributed by atoms with Crippen LogP contribution in [0.4, 0.5) is 0 Å². The van der Waals surface area contributed by atoms with Crippen LogP contribution in [-0.2, 0) is 0 Å². The second kappa shape index (κ2) is 13.7. The molecule has 60 heavy (non-hydrogen) atoms. The summed E-state index contributed by atoms with van der Waals surface area (Å²) >= 11 is 0. The summed E-state index contributed by atoms with van der Waals surface area (Å²) in [7, 11) is 0. The summed E-state index contributed by atoms with van der Waals surface area (Å²) in [6.45, 7) is 0. The molecule has 0 unspecified atom stereocenters. The van der Waals surface area contributed by atoms with E-state index in [0.29, 0.717) is 23.4 Å². The van der Waals surface area contributed by atoms with Crippen LogP contribution in [0.3, 0.4) is 0 Å². The first-order valence-electron chi connectivity index (χ1n) is 20.1. The third-order valence-corrected chi connectivity index (χ3v) is 11.5. The fraction of sp³-hybridized carbons (Fsp3) is 0. The summed E-state index contributed by atoms with van der Waals surface area (Å²) < 4.78 is 8.87. The Morgan fingerprint density at radius 2 is 0.967 bits per heavy atom. The highest BCUT2D eigenvalue weighted by atomic mass is 16.3. The molecule has 0 atom stereocenters. The molecule has 0 spiro atoms. The highest BCUT2D eigenvalue weighted by Gasteiger charge is 2.19. The van der Waals surface area contributed by atoms with Gasteiger partial charge in [-0.05, 0) is 75.8 Å². The second-order valence-electron chi connectivity index (χ2n) is 15.0. The van der Waals surface area contributed by atoms with Crippen molar-refractivity contribution in [2.45, 2.75) is 0 Å². The van der Waals surface area contributed by atoms with E-state index in [4.69, 9.17) is 24.4 Å². The van der Waals surface area contributed by atoms with Crippen molar-refractivity contribution in [1.29, 1.82) is 0 Å². The maximum Gasteiger partial charge on any atom is 0.227 e. The minimum atomic E-state index is 0.608. The van der Waals surface area contributed by atoms with Gasteiger partial charge in [0.1, 0.15) is 5.52 Å². The van der Waals surface area contributed by atoms with E-state index in [9.17, 15) is 0 Å². The maximum absolute atomic E-state index is 6.55. The van der Waals surface area contributed by atoms with Gasteiger partial charge < -0.3 is 8.98 Å². The Bertz CT molecular complexity index is 3590. The topological polar surface area (TPSA) is 69.6 Å². The Morgan fingerprint density at radius 3 is 1.73 bits per heavy atom. The monoisotopic (exact) mass is 767 g/mol. The number of rotatable bonds is 6. The summed E-state index contributed by atoms with van der Waals surface area (Å²) in [5.74, 6) is 2.45. The summed E-state index contributed by atoms with van der Waals surface area (Å²) in [5.41, 5.74) is 10.8. The van der Waals surface area contributed by atoms with Gasteiger partial charge in [0.2, 0.25) is 5.89 Å². The lowest BCUT2D eigenvalue weighted by atomic mass is 9.93. The first-order valence-corrected chi connectivity index (χ1v) is 20.1. The highest BCUT2D eigenvalue weighted by molar-refractivity contribution is 6.15. The Balaban J connectivity index is 1.01. The first kappa shape index (κ1) is 33.9. The smallest absolute Gasteiger partial charge is 0.227 e. The van der Waals surface area contributed by atoms with E-state index in [1.165, 1.54) is 10.8 Å². The molecule has 280 valence electrons. The van der Waals surface area contributed by atoms with E-state index in [2.05, 4.69) is 138 Å². The van der Waals surface area contributed by atoms with Gasteiger partial charge in [-0.3, -0.25) is 0 Å². The zero-order valence-electron chi connectivity index (χ0n) is 32.2. The summed E-state index contributed by atoms with van der Waals surface area (Å²) in [6.07, 6.45) is 0. The molecule has 0 aliphatic carbocycles. The van der Waals surface area contributed by atoms with E-state index in [0.717, 1.165) is 82.7 Å². The van der Waals surface area contributed by atoms with Crippen LogP contribution in [0, 0.1) is 0 Å². The molecule has 6 heteroatoms. The Labute approximate surface area is 344 Å². The van der Waals surface area contributed by atoms with Gasteiger partial charge in [-0.2, -0.15) is 0 Å². The van der Waals surface area contributed by atoms with Crippen LogP contribution in [0.1, 0.15) is 0 Å². The number of oxazole rings is 1. The van der Waals surface area contributed by atoms with Gasteiger partial charge in [0.05, 0.1) is 11.0 Å². The Kier molecular flexibility index (Phi) is 7.74. The maximum atomic E-state index is 6.55. The molecule has 0 aliphatic rings. The van der Waals surface area contributed by atoms with Gasteiger partial charge in [-0.15, -0.1) is 0 Å². The van der Waals surface area contributed by atoms with Crippen molar-refractivity contribution in [3.63, 3.8) is 0 Å². The van der Waals surface area contributed by atoms with Crippen molar-refractivity contribution >= 4 is 54.5 Å². The third kappa shape index (κ3) is 5.57. The van der Waals surface area contributed by atoms with Crippen LogP contribution in [0.15, 0.2) is 205 Å². The molecule has 0 bridgehead atoms. The Morgan fingerprint density at radius 1 is 0.367 bits per heavy atom. The van der Waals surface area contributed by atoms with E-state index >= 15 is 0 Å². The number of aromatic nitrogens is 5. The van der Waals surface area contributed by atoms with Crippen LogP contribution < -0.4 is 0 Å². The van der Waals surface area contributed by atoms with E-state index in [-0.39, 0.29) is 0 Å². The van der Waals surface area contributed by atoms with E-state index in [1.807, 2.05) is 66.7 Å². The first-order chi connectivity index (χ1) is 29.7. The summed E-state index contributed by atoms with van der Waals surface area (Å²) in [5, 5.41) is 6.70. The van der Waals surface area contributed by atoms with Crippen molar-refractivity contribution < 1.29 is 4.42 Å².